The van der Waals surface area contributed by atoms with Crippen LogP contribution in [0.5, 0.6) is 0 Å². The Morgan fingerprint density at radius 1 is 0.667 bits per heavy atom. The van der Waals surface area contributed by atoms with E-state index in [1.165, 1.54) is 0 Å². The van der Waals surface area contributed by atoms with Gasteiger partial charge in [-0.15, -0.1) is 0 Å². The van der Waals surface area contributed by atoms with E-state index in [-0.39, 0.29) is 0 Å². The lowest BCUT2D eigenvalue weighted by Gasteiger charge is -2.11. The summed E-state index contributed by atoms with van der Waals surface area (Å²) in [6.45, 7) is 1.07. The van der Waals surface area contributed by atoms with Gasteiger partial charge in [0.2, 0.25) is 0 Å². The fraction of sp³-hybridized carbons (Fsp3) is 0. The van der Waals surface area contributed by atoms with Crippen molar-refractivity contribution in [1.29, 1.82) is 0 Å². The largest absolute Gasteiger partial charge is 0.190 e. The van der Waals surface area contributed by atoms with Crippen LogP contribution in [0.3, 0.4) is 0 Å². The topological polar surface area (TPSA) is 0 Å². The molecule has 0 aliphatic rings. The van der Waals surface area contributed by atoms with E-state index in [2.05, 4.69) is 58.1 Å². The molecule has 0 aromatic heterocycles. The van der Waals surface area contributed by atoms with Crippen molar-refractivity contribution in [1.82, 2.24) is 0 Å². The molecular weight excluding hydrogens is 132 g/mol. The highest BCUT2D eigenvalue weighted by Crippen LogP contribution is 1.83. The molecule has 0 atom stereocenters. The second kappa shape index (κ2) is 5.79. The van der Waals surface area contributed by atoms with Crippen LogP contribution in [-0.2, 0) is 0 Å². The van der Waals surface area contributed by atoms with E-state index in [0.717, 1.165) is 0 Å². The van der Waals surface area contributed by atoms with Crippen molar-refractivity contribution in [3.8, 4) is 11.6 Å². The Morgan fingerprint density at radius 3 is 1.33 bits per heavy atom. The van der Waals surface area contributed by atoms with Crippen LogP contribution in [0.4, 0.5) is 0 Å². The minimum absolute atomic E-state index is 0.505. The molecule has 50 valence electrons. The van der Waals surface area contributed by atoms with E-state index in [0.29, 0.717) is 25.8 Å². The van der Waals surface area contributed by atoms with Gasteiger partial charge in [-0.25, -0.2) is 0 Å². The lowest BCUT2D eigenvalue weighted by Crippen LogP contribution is -2.50. The first-order chi connectivity index (χ1) is 5.45. The summed E-state index contributed by atoms with van der Waals surface area (Å²) in [6, 6.07) is 0. The summed E-state index contributed by atoms with van der Waals surface area (Å²) in [5.74, 6) is 6.63. The molecule has 0 bridgehead atoms. The molecule has 10 heteroatoms. The molecule has 0 heterocycles. The van der Waals surface area contributed by atoms with Gasteiger partial charge in [0, 0.05) is 12.8 Å². The smallest absolute Gasteiger partial charge is 0.150 e. The Morgan fingerprint density at radius 2 is 1.08 bits per heavy atom. The molecule has 0 N–H and O–H groups in total. The lowest BCUT2D eigenvalue weighted by atomic mass is 8.73. The Labute approximate surface area is 84.2 Å². The van der Waals surface area contributed by atoms with E-state index in [1.54, 1.807) is 0 Å². The summed E-state index contributed by atoms with van der Waals surface area (Å²) in [5, 5.41) is 0. The second-order valence-electron chi connectivity index (χ2n) is 4.46. The molecule has 0 spiro atoms. The fourth-order valence-corrected chi connectivity index (χ4v) is 1.37. The maximum absolute atomic E-state index is 3.37. The highest BCUT2D eigenvalue weighted by Gasteiger charge is 2.22. The maximum Gasteiger partial charge on any atom is 0.150 e. The molecule has 0 fully saturated rings. The summed E-state index contributed by atoms with van der Waals surface area (Å²) >= 11 is 0. The lowest BCUT2D eigenvalue weighted by molar-refractivity contribution is 2.84. The van der Waals surface area contributed by atoms with Crippen LogP contribution in [-0.4, -0.2) is 72.2 Å². The van der Waals surface area contributed by atoms with Crippen LogP contribution >= 0.6 is 0 Å². The summed E-state index contributed by atoms with van der Waals surface area (Å²) in [6.07, 6.45) is 1.35. The van der Waals surface area contributed by atoms with Crippen LogP contribution < -0.4 is 0 Å². The monoisotopic (exact) mass is 146 g/mol. The average molecular weight is 144 g/mol. The minimum atomic E-state index is 0.505. The Kier molecular flexibility index (Phi) is 5.89. The van der Waals surface area contributed by atoms with Crippen molar-refractivity contribution in [3.05, 3.63) is 0 Å². The molecule has 0 amide bonds. The highest BCUT2D eigenvalue weighted by atomic mass is 13.3. The van der Waals surface area contributed by atoms with E-state index in [9.17, 15) is 0 Å². The van der Waals surface area contributed by atoms with Gasteiger partial charge in [-0.2, -0.15) is 11.6 Å². The van der Waals surface area contributed by atoms with Crippen LogP contribution in [0.25, 0.3) is 0 Å². The van der Waals surface area contributed by atoms with Crippen LogP contribution in [0.1, 0.15) is 0 Å². The van der Waals surface area contributed by atoms with Crippen LogP contribution in [0.15, 0.2) is 0 Å². The third-order valence-corrected chi connectivity index (χ3v) is 1.98. The summed E-state index contributed by atoms with van der Waals surface area (Å²) in [7, 11) is 13.3. The molecule has 0 aliphatic carbocycles. The van der Waals surface area contributed by atoms with Gasteiger partial charge >= 0.3 is 0 Å². The standard InChI is InChI=1S/C2H12B10/c3-9(4)1-2-10(11(5)6)12(7)8/h3-8H2. The van der Waals surface area contributed by atoms with Crippen molar-refractivity contribution >= 4 is 72.2 Å². The first-order valence-electron chi connectivity index (χ1n) is 4.96. The van der Waals surface area contributed by atoms with Crippen molar-refractivity contribution in [3.63, 3.8) is 0 Å². The molecule has 0 unspecified atom stereocenters. The summed E-state index contributed by atoms with van der Waals surface area (Å²) in [5.41, 5.74) is 0. The van der Waals surface area contributed by atoms with Crippen molar-refractivity contribution in [2.45, 2.75) is 0 Å². The molecule has 0 saturated heterocycles. The minimum Gasteiger partial charge on any atom is -0.190 e. The van der Waals surface area contributed by atoms with E-state index in [4.69, 9.17) is 0 Å². The third-order valence-electron chi connectivity index (χ3n) is 1.98. The zero-order valence-electron chi connectivity index (χ0n) is 9.31. The van der Waals surface area contributed by atoms with Gasteiger partial charge in [0.05, 0.1) is 46.4 Å². The van der Waals surface area contributed by atoms with Gasteiger partial charge in [0.15, 0.2) is 6.49 Å². The predicted octanol–water partition coefficient (Wildman–Crippen LogP) is -7.02. The Bertz CT molecular complexity index is 164. The molecule has 0 aliphatic heterocycles. The zero-order valence-corrected chi connectivity index (χ0v) is 9.31. The van der Waals surface area contributed by atoms with Crippen molar-refractivity contribution < 1.29 is 0 Å². The van der Waals surface area contributed by atoms with Crippen LogP contribution in [0.2, 0.25) is 0 Å². The summed E-state index contributed by atoms with van der Waals surface area (Å²) in [4.78, 5) is 0. The van der Waals surface area contributed by atoms with Crippen LogP contribution in [0, 0.1) is 11.6 Å². The number of hydrogen-bond donors (Lipinski definition) is 0. The fourth-order valence-electron chi connectivity index (χ4n) is 1.37. The molecule has 0 saturated carbocycles. The third kappa shape index (κ3) is 4.96. The molecule has 0 rings (SSSR count). The molecule has 0 aromatic rings. The highest BCUT2D eigenvalue weighted by molar-refractivity contribution is 7.83. The predicted molar refractivity (Wildman–Crippen MR) is 82.1 cm³/mol. The van der Waals surface area contributed by atoms with E-state index < -0.39 is 0 Å². The maximum atomic E-state index is 3.37. The second-order valence-corrected chi connectivity index (χ2v) is 4.46. The van der Waals surface area contributed by atoms with Gasteiger partial charge in [0.25, 0.3) is 0 Å². The quantitative estimate of drug-likeness (QED) is 0.267. The molecule has 0 radical (unpaired) electrons. The van der Waals surface area contributed by atoms with Gasteiger partial charge in [-0.3, -0.25) is 0 Å². The van der Waals surface area contributed by atoms with Crippen molar-refractivity contribution in [2.75, 3.05) is 0 Å². The SMILES string of the molecule is BB(B)C#CB(B(B)B)B(B)B. The van der Waals surface area contributed by atoms with E-state index in [1.807, 2.05) is 0 Å². The summed E-state index contributed by atoms with van der Waals surface area (Å²) < 4.78 is 0. The normalized spacial score (nSPS) is 7.67. The zero-order chi connectivity index (χ0) is 9.72. The molecule has 12 heavy (non-hydrogen) atoms. The van der Waals surface area contributed by atoms with Gasteiger partial charge in [-0.1, -0.05) is 0 Å². The molecule has 0 aromatic carbocycles. The van der Waals surface area contributed by atoms with Crippen molar-refractivity contribution in [2.24, 2.45) is 0 Å². The average Bonchev–Trinajstić information content (AvgIpc) is 1.84. The first kappa shape index (κ1) is 12.2. The number of rotatable bonds is 2. The van der Waals surface area contributed by atoms with Gasteiger partial charge in [-0.05, 0) is 0 Å². The van der Waals surface area contributed by atoms with E-state index >= 15 is 0 Å². The molecular formula is C2H12B10. The first-order valence-corrected chi connectivity index (χ1v) is 4.96. The Hall–Kier alpha value is 0.209. The van der Waals surface area contributed by atoms with Gasteiger partial charge in [0.1, 0.15) is 6.49 Å². The number of hydrogen-bond acceptors (Lipinski definition) is 0. The van der Waals surface area contributed by atoms with Gasteiger partial charge < -0.3 is 0 Å². The Balaban J connectivity index is 4.26. The molecule has 0 nitrogen and oxygen atoms in total.